The number of nitrogens with zero attached hydrogens (tertiary/aromatic N) is 2. The fourth-order valence-corrected chi connectivity index (χ4v) is 3.43. The number of rotatable bonds is 5. The van der Waals surface area contributed by atoms with Gasteiger partial charge >= 0.3 is 0 Å². The summed E-state index contributed by atoms with van der Waals surface area (Å²) in [5.41, 5.74) is 0.774. The highest BCUT2D eigenvalue weighted by Gasteiger charge is 2.12. The predicted molar refractivity (Wildman–Crippen MR) is 93.5 cm³/mol. The van der Waals surface area contributed by atoms with E-state index in [0.717, 1.165) is 23.2 Å². The second-order valence-electron chi connectivity index (χ2n) is 5.01. The predicted octanol–water partition coefficient (Wildman–Crippen LogP) is 1.33. The second kappa shape index (κ2) is 7.07. The third kappa shape index (κ3) is 4.90. The van der Waals surface area contributed by atoms with Crippen LogP contribution in [0.15, 0.2) is 24.3 Å². The molecule has 132 valence electrons. The largest absolute Gasteiger partial charge is 0.486 e. The number of ether oxygens (including phenoxy) is 2. The van der Waals surface area contributed by atoms with E-state index in [2.05, 4.69) is 20.2 Å². The molecule has 0 saturated carbocycles. The SMILES string of the molecule is CS(=O)(=O)Nc1nnc(NC(=O)C=Cc2ccc3c(c2)OCCO3)s1. The molecule has 25 heavy (non-hydrogen) atoms. The van der Waals surface area contributed by atoms with Crippen LogP contribution in [0.4, 0.5) is 10.3 Å². The second-order valence-corrected chi connectivity index (χ2v) is 7.74. The highest BCUT2D eigenvalue weighted by atomic mass is 32.2. The number of carbonyl (C=O) groups excluding carboxylic acids is 1. The molecule has 9 nitrogen and oxygen atoms in total. The number of benzene rings is 1. The van der Waals surface area contributed by atoms with E-state index in [4.69, 9.17) is 9.47 Å². The Morgan fingerprint density at radius 1 is 1.20 bits per heavy atom. The van der Waals surface area contributed by atoms with Gasteiger partial charge in [0, 0.05) is 6.08 Å². The number of nitrogens with one attached hydrogen (secondary N) is 2. The molecule has 2 N–H and O–H groups in total. The lowest BCUT2D eigenvalue weighted by Crippen LogP contribution is -2.15. The molecule has 0 saturated heterocycles. The summed E-state index contributed by atoms with van der Waals surface area (Å²) in [5, 5.41) is 10.1. The Kier molecular flexibility index (Phi) is 4.86. The smallest absolute Gasteiger partial charge is 0.250 e. The average Bonchev–Trinajstić information content (AvgIpc) is 2.97. The topological polar surface area (TPSA) is 120 Å². The van der Waals surface area contributed by atoms with Gasteiger partial charge in [-0.1, -0.05) is 17.4 Å². The standard InChI is InChI=1S/C14H14N4O5S2/c1-25(20,21)18-14-17-16-13(24-14)15-12(19)5-3-9-2-4-10-11(8-9)23-7-6-22-10/h2-5,8H,6-7H2,1H3,(H,17,18)(H,15,16,19). The minimum absolute atomic E-state index is 0.0774. The highest BCUT2D eigenvalue weighted by molar-refractivity contribution is 7.92. The lowest BCUT2D eigenvalue weighted by Gasteiger charge is -2.18. The quantitative estimate of drug-likeness (QED) is 0.749. The molecule has 1 aliphatic heterocycles. The van der Waals surface area contributed by atoms with Crippen LogP contribution in [0.3, 0.4) is 0 Å². The highest BCUT2D eigenvalue weighted by Crippen LogP contribution is 2.31. The number of anilines is 2. The van der Waals surface area contributed by atoms with Gasteiger partial charge in [-0.3, -0.25) is 14.8 Å². The molecule has 1 aliphatic rings. The lowest BCUT2D eigenvalue weighted by molar-refractivity contribution is -0.111. The minimum Gasteiger partial charge on any atom is -0.486 e. The fourth-order valence-electron chi connectivity index (χ4n) is 1.96. The number of fused-ring (bicyclic) bond motifs is 1. The van der Waals surface area contributed by atoms with Gasteiger partial charge in [0.05, 0.1) is 6.26 Å². The van der Waals surface area contributed by atoms with E-state index in [-0.39, 0.29) is 10.3 Å². The maximum atomic E-state index is 11.9. The first-order valence-electron chi connectivity index (χ1n) is 7.09. The van der Waals surface area contributed by atoms with E-state index in [9.17, 15) is 13.2 Å². The third-order valence-electron chi connectivity index (χ3n) is 2.92. The molecule has 1 aromatic heterocycles. The van der Waals surface area contributed by atoms with Crippen molar-refractivity contribution in [1.82, 2.24) is 10.2 Å². The minimum atomic E-state index is -3.44. The van der Waals surface area contributed by atoms with Crippen LogP contribution in [0, 0.1) is 0 Å². The third-order valence-corrected chi connectivity index (χ3v) is 4.37. The van der Waals surface area contributed by atoms with Crippen LogP contribution in [0.2, 0.25) is 0 Å². The van der Waals surface area contributed by atoms with Crippen molar-refractivity contribution in [1.29, 1.82) is 0 Å². The van der Waals surface area contributed by atoms with Crippen molar-refractivity contribution < 1.29 is 22.7 Å². The summed E-state index contributed by atoms with van der Waals surface area (Å²) in [7, 11) is -3.44. The Labute approximate surface area is 147 Å². The first-order valence-corrected chi connectivity index (χ1v) is 9.80. The Balaban J connectivity index is 1.61. The number of sulfonamides is 1. The molecular formula is C14H14N4O5S2. The van der Waals surface area contributed by atoms with Gasteiger partial charge in [-0.05, 0) is 23.8 Å². The van der Waals surface area contributed by atoms with Crippen LogP contribution in [0.5, 0.6) is 11.5 Å². The molecule has 0 aliphatic carbocycles. The Hall–Kier alpha value is -2.66. The van der Waals surface area contributed by atoms with Crippen molar-refractivity contribution in [2.75, 3.05) is 29.5 Å². The molecule has 3 rings (SSSR count). The molecular weight excluding hydrogens is 368 g/mol. The van der Waals surface area contributed by atoms with Gasteiger partial charge in [-0.25, -0.2) is 8.42 Å². The Morgan fingerprint density at radius 2 is 1.92 bits per heavy atom. The van der Waals surface area contributed by atoms with Gasteiger partial charge in [-0.2, -0.15) is 0 Å². The van der Waals surface area contributed by atoms with Crippen molar-refractivity contribution in [2.24, 2.45) is 0 Å². The number of aromatic nitrogens is 2. The zero-order valence-corrected chi connectivity index (χ0v) is 14.7. The molecule has 2 heterocycles. The van der Waals surface area contributed by atoms with Crippen LogP contribution >= 0.6 is 11.3 Å². The van der Waals surface area contributed by atoms with Crippen molar-refractivity contribution in [3.8, 4) is 11.5 Å². The summed E-state index contributed by atoms with van der Waals surface area (Å²) >= 11 is 0.913. The number of hydrogen-bond acceptors (Lipinski definition) is 8. The number of carbonyl (C=O) groups is 1. The zero-order valence-electron chi connectivity index (χ0n) is 13.1. The maximum absolute atomic E-state index is 11.9. The van der Waals surface area contributed by atoms with E-state index >= 15 is 0 Å². The first kappa shape index (κ1) is 17.2. The van der Waals surface area contributed by atoms with Crippen LogP contribution in [-0.4, -0.2) is 44.0 Å². The maximum Gasteiger partial charge on any atom is 0.250 e. The number of amides is 1. The van der Waals surface area contributed by atoms with E-state index in [0.29, 0.717) is 24.7 Å². The average molecular weight is 382 g/mol. The van der Waals surface area contributed by atoms with E-state index in [1.807, 2.05) is 0 Å². The monoisotopic (exact) mass is 382 g/mol. The Bertz CT molecular complexity index is 923. The summed E-state index contributed by atoms with van der Waals surface area (Å²) in [4.78, 5) is 11.9. The summed E-state index contributed by atoms with van der Waals surface area (Å²) in [6, 6.07) is 5.35. The van der Waals surface area contributed by atoms with Crippen LogP contribution in [-0.2, 0) is 14.8 Å². The van der Waals surface area contributed by atoms with Gasteiger partial charge in [0.1, 0.15) is 13.2 Å². The summed E-state index contributed by atoms with van der Waals surface area (Å²) in [5.74, 6) is 0.888. The van der Waals surface area contributed by atoms with Gasteiger partial charge < -0.3 is 9.47 Å². The van der Waals surface area contributed by atoms with Crippen LogP contribution in [0.1, 0.15) is 5.56 Å². The molecule has 0 unspecified atom stereocenters. The van der Waals surface area contributed by atoms with E-state index in [1.54, 1.807) is 24.3 Å². The van der Waals surface area contributed by atoms with E-state index < -0.39 is 15.9 Å². The van der Waals surface area contributed by atoms with Crippen molar-refractivity contribution in [3.05, 3.63) is 29.8 Å². The van der Waals surface area contributed by atoms with Gasteiger partial charge in [0.25, 0.3) is 0 Å². The Morgan fingerprint density at radius 3 is 2.68 bits per heavy atom. The summed E-state index contributed by atoms with van der Waals surface area (Å²) in [6.45, 7) is 1.00. The zero-order chi connectivity index (χ0) is 17.9. The van der Waals surface area contributed by atoms with Gasteiger partial charge in [0.2, 0.25) is 26.2 Å². The lowest BCUT2D eigenvalue weighted by atomic mass is 10.2. The van der Waals surface area contributed by atoms with Crippen LogP contribution in [0.25, 0.3) is 6.08 Å². The van der Waals surface area contributed by atoms with Crippen molar-refractivity contribution >= 4 is 43.6 Å². The fraction of sp³-hybridized carbons (Fsp3) is 0.214. The van der Waals surface area contributed by atoms with Gasteiger partial charge in [-0.15, -0.1) is 10.2 Å². The normalized spacial score (nSPS) is 13.6. The van der Waals surface area contributed by atoms with Crippen LogP contribution < -0.4 is 19.5 Å². The van der Waals surface area contributed by atoms with E-state index in [1.165, 1.54) is 6.08 Å². The molecule has 0 radical (unpaired) electrons. The molecule has 0 spiro atoms. The van der Waals surface area contributed by atoms with Crippen molar-refractivity contribution in [2.45, 2.75) is 0 Å². The first-order chi connectivity index (χ1) is 11.9. The van der Waals surface area contributed by atoms with Crippen molar-refractivity contribution in [3.63, 3.8) is 0 Å². The summed E-state index contributed by atoms with van der Waals surface area (Å²) < 4.78 is 35.3. The summed E-state index contributed by atoms with van der Waals surface area (Å²) in [6.07, 6.45) is 3.95. The molecule has 11 heteroatoms. The molecule has 2 aromatic rings. The molecule has 0 atom stereocenters. The molecule has 1 amide bonds. The molecule has 0 bridgehead atoms. The molecule has 0 fully saturated rings. The number of hydrogen-bond donors (Lipinski definition) is 2. The molecule has 1 aromatic carbocycles. The van der Waals surface area contributed by atoms with Gasteiger partial charge in [0.15, 0.2) is 11.5 Å².